The maximum Gasteiger partial charge on any atom is 0.328 e. The van der Waals surface area contributed by atoms with E-state index >= 15 is 0 Å². The van der Waals surface area contributed by atoms with Crippen LogP contribution in [0.4, 0.5) is 0 Å². The molecule has 0 saturated heterocycles. The van der Waals surface area contributed by atoms with Gasteiger partial charge in [-0.05, 0) is 23.8 Å². The van der Waals surface area contributed by atoms with Gasteiger partial charge in [0.25, 0.3) is 5.91 Å². The van der Waals surface area contributed by atoms with Crippen molar-refractivity contribution in [2.24, 2.45) is 5.92 Å². The van der Waals surface area contributed by atoms with Crippen LogP contribution in [0.15, 0.2) is 17.5 Å². The van der Waals surface area contributed by atoms with Gasteiger partial charge in [-0.15, -0.1) is 11.3 Å². The zero-order valence-corrected chi connectivity index (χ0v) is 13.2. The SMILES string of the molecule is COC(=O)C(CC(C)C)NC(=O)CNC(=O)c1cccs1. The van der Waals surface area contributed by atoms with Crippen molar-refractivity contribution in [3.63, 3.8) is 0 Å². The van der Waals surface area contributed by atoms with E-state index in [4.69, 9.17) is 0 Å². The van der Waals surface area contributed by atoms with E-state index in [2.05, 4.69) is 15.4 Å². The molecule has 2 amide bonds. The normalized spacial score (nSPS) is 11.8. The molecule has 1 unspecified atom stereocenters. The van der Waals surface area contributed by atoms with Crippen LogP contribution in [-0.4, -0.2) is 37.5 Å². The standard InChI is InChI=1S/C14H20N2O4S/c1-9(2)7-10(14(19)20-3)16-12(17)8-15-13(18)11-5-4-6-21-11/h4-6,9-10H,7-8H2,1-3H3,(H,15,18)(H,16,17). The fourth-order valence-corrected chi connectivity index (χ4v) is 2.37. The zero-order chi connectivity index (χ0) is 15.8. The first-order valence-electron chi connectivity index (χ1n) is 6.63. The lowest BCUT2D eigenvalue weighted by atomic mass is 10.0. The molecule has 0 fully saturated rings. The second kappa shape index (κ2) is 8.41. The first-order chi connectivity index (χ1) is 9.93. The number of thiophene rings is 1. The van der Waals surface area contributed by atoms with Crippen LogP contribution < -0.4 is 10.6 Å². The summed E-state index contributed by atoms with van der Waals surface area (Å²) >= 11 is 1.30. The Labute approximate surface area is 127 Å². The van der Waals surface area contributed by atoms with E-state index in [1.807, 2.05) is 13.8 Å². The highest BCUT2D eigenvalue weighted by molar-refractivity contribution is 7.12. The van der Waals surface area contributed by atoms with E-state index in [0.717, 1.165) is 0 Å². The highest BCUT2D eigenvalue weighted by Crippen LogP contribution is 2.08. The van der Waals surface area contributed by atoms with Gasteiger partial charge in [0.05, 0.1) is 18.5 Å². The first-order valence-corrected chi connectivity index (χ1v) is 7.51. The monoisotopic (exact) mass is 312 g/mol. The molecule has 1 atom stereocenters. The average Bonchev–Trinajstić information content (AvgIpc) is 2.96. The maximum absolute atomic E-state index is 11.8. The highest BCUT2D eigenvalue weighted by atomic mass is 32.1. The lowest BCUT2D eigenvalue weighted by molar-refractivity contribution is -0.145. The Morgan fingerprint density at radius 1 is 1.33 bits per heavy atom. The summed E-state index contributed by atoms with van der Waals surface area (Å²) in [6.45, 7) is 3.71. The van der Waals surface area contributed by atoms with E-state index in [1.54, 1.807) is 17.5 Å². The zero-order valence-electron chi connectivity index (χ0n) is 12.3. The highest BCUT2D eigenvalue weighted by Gasteiger charge is 2.22. The predicted molar refractivity (Wildman–Crippen MR) is 80.1 cm³/mol. The third-order valence-corrected chi connectivity index (χ3v) is 3.55. The van der Waals surface area contributed by atoms with Crippen LogP contribution in [0.25, 0.3) is 0 Å². The van der Waals surface area contributed by atoms with Crippen LogP contribution in [0.5, 0.6) is 0 Å². The lowest BCUT2D eigenvalue weighted by Gasteiger charge is -2.18. The number of rotatable bonds is 7. The molecule has 7 heteroatoms. The van der Waals surface area contributed by atoms with E-state index in [1.165, 1.54) is 18.4 Å². The number of carbonyl (C=O) groups is 3. The Morgan fingerprint density at radius 3 is 2.57 bits per heavy atom. The summed E-state index contributed by atoms with van der Waals surface area (Å²) in [5.74, 6) is -0.980. The molecule has 0 aliphatic rings. The third-order valence-electron chi connectivity index (χ3n) is 2.68. The quantitative estimate of drug-likeness (QED) is 0.741. The van der Waals surface area contributed by atoms with Gasteiger partial charge in [0.15, 0.2) is 0 Å². The Balaban J connectivity index is 2.46. The summed E-state index contributed by atoms with van der Waals surface area (Å²) < 4.78 is 4.66. The second-order valence-electron chi connectivity index (χ2n) is 4.93. The molecule has 2 N–H and O–H groups in total. The molecule has 0 bridgehead atoms. The predicted octanol–water partition coefficient (Wildman–Crippen LogP) is 1.18. The van der Waals surface area contributed by atoms with Gasteiger partial charge in [-0.25, -0.2) is 4.79 Å². The number of esters is 1. The molecule has 0 aliphatic carbocycles. The molecule has 0 aliphatic heterocycles. The molecule has 0 aromatic carbocycles. The van der Waals surface area contributed by atoms with Gasteiger partial charge in [0.2, 0.25) is 5.91 Å². The van der Waals surface area contributed by atoms with Gasteiger partial charge >= 0.3 is 5.97 Å². The fourth-order valence-electron chi connectivity index (χ4n) is 1.73. The van der Waals surface area contributed by atoms with Crippen LogP contribution in [0.2, 0.25) is 0 Å². The van der Waals surface area contributed by atoms with Gasteiger partial charge in [-0.2, -0.15) is 0 Å². The minimum absolute atomic E-state index is 0.178. The summed E-state index contributed by atoms with van der Waals surface area (Å²) in [4.78, 5) is 35.6. The average molecular weight is 312 g/mol. The molecule has 1 heterocycles. The van der Waals surface area contributed by atoms with Crippen molar-refractivity contribution in [2.75, 3.05) is 13.7 Å². The molecule has 0 spiro atoms. The summed E-state index contributed by atoms with van der Waals surface area (Å²) in [5.41, 5.74) is 0. The topological polar surface area (TPSA) is 84.5 Å². The van der Waals surface area contributed by atoms with E-state index in [9.17, 15) is 14.4 Å². The van der Waals surface area contributed by atoms with Crippen molar-refractivity contribution in [1.29, 1.82) is 0 Å². The molecule has 0 radical (unpaired) electrons. The van der Waals surface area contributed by atoms with Gasteiger partial charge in [-0.3, -0.25) is 9.59 Å². The Bertz CT molecular complexity index is 485. The first kappa shape index (κ1) is 17.2. The number of methoxy groups -OCH3 is 1. The minimum atomic E-state index is -0.693. The maximum atomic E-state index is 11.8. The molecular formula is C14H20N2O4S. The van der Waals surface area contributed by atoms with Crippen molar-refractivity contribution >= 4 is 29.1 Å². The van der Waals surface area contributed by atoms with Gasteiger partial charge in [0.1, 0.15) is 6.04 Å². The number of carbonyl (C=O) groups excluding carboxylic acids is 3. The van der Waals surface area contributed by atoms with E-state index in [0.29, 0.717) is 11.3 Å². The number of amides is 2. The number of ether oxygens (including phenoxy) is 1. The van der Waals surface area contributed by atoms with Crippen LogP contribution in [0, 0.1) is 5.92 Å². The van der Waals surface area contributed by atoms with E-state index < -0.39 is 17.9 Å². The molecule has 116 valence electrons. The van der Waals surface area contributed by atoms with Crippen molar-refractivity contribution in [3.8, 4) is 0 Å². The minimum Gasteiger partial charge on any atom is -0.467 e. The Hall–Kier alpha value is -1.89. The summed E-state index contributed by atoms with van der Waals surface area (Å²) in [6, 6.07) is 2.74. The molecule has 6 nitrogen and oxygen atoms in total. The molecule has 1 aromatic heterocycles. The summed E-state index contributed by atoms with van der Waals surface area (Å²) in [7, 11) is 1.28. The lowest BCUT2D eigenvalue weighted by Crippen LogP contribution is -2.46. The van der Waals surface area contributed by atoms with Crippen LogP contribution in [0.1, 0.15) is 29.9 Å². The Morgan fingerprint density at radius 2 is 2.05 bits per heavy atom. The van der Waals surface area contributed by atoms with E-state index in [-0.39, 0.29) is 18.4 Å². The molecule has 0 saturated carbocycles. The smallest absolute Gasteiger partial charge is 0.328 e. The molecule has 1 rings (SSSR count). The van der Waals surface area contributed by atoms with Crippen LogP contribution >= 0.6 is 11.3 Å². The van der Waals surface area contributed by atoms with Gasteiger partial charge in [-0.1, -0.05) is 19.9 Å². The van der Waals surface area contributed by atoms with Crippen molar-refractivity contribution in [1.82, 2.24) is 10.6 Å². The largest absolute Gasteiger partial charge is 0.467 e. The third kappa shape index (κ3) is 5.95. The molecule has 21 heavy (non-hydrogen) atoms. The fraction of sp³-hybridized carbons (Fsp3) is 0.500. The number of hydrogen-bond acceptors (Lipinski definition) is 5. The summed E-state index contributed by atoms with van der Waals surface area (Å²) in [5, 5.41) is 6.87. The van der Waals surface area contributed by atoms with Gasteiger partial charge < -0.3 is 15.4 Å². The second-order valence-corrected chi connectivity index (χ2v) is 5.88. The van der Waals surface area contributed by atoms with Crippen LogP contribution in [-0.2, 0) is 14.3 Å². The molecular weight excluding hydrogens is 292 g/mol. The van der Waals surface area contributed by atoms with Crippen molar-refractivity contribution in [2.45, 2.75) is 26.3 Å². The Kier molecular flexibility index (Phi) is 6.87. The number of nitrogens with one attached hydrogen (secondary N) is 2. The molecule has 1 aromatic rings. The number of hydrogen-bond donors (Lipinski definition) is 2. The van der Waals surface area contributed by atoms with Gasteiger partial charge in [0, 0.05) is 0 Å². The summed E-state index contributed by atoms with van der Waals surface area (Å²) in [6.07, 6.45) is 0.483. The van der Waals surface area contributed by atoms with Crippen LogP contribution in [0.3, 0.4) is 0 Å². The van der Waals surface area contributed by atoms with Crippen molar-refractivity contribution in [3.05, 3.63) is 22.4 Å². The van der Waals surface area contributed by atoms with Crippen molar-refractivity contribution < 1.29 is 19.1 Å².